The van der Waals surface area contributed by atoms with E-state index in [1.165, 1.54) is 18.7 Å². The van der Waals surface area contributed by atoms with Gasteiger partial charge in [0.15, 0.2) is 12.6 Å². The van der Waals surface area contributed by atoms with Crippen molar-refractivity contribution in [2.45, 2.75) is 43.3 Å². The number of pyridine rings is 1. The van der Waals surface area contributed by atoms with E-state index in [0.29, 0.717) is 23.8 Å². The van der Waals surface area contributed by atoms with E-state index in [0.717, 1.165) is 18.4 Å². The second-order valence-corrected chi connectivity index (χ2v) is 6.98. The maximum Gasteiger partial charge on any atom is 0.422 e. The van der Waals surface area contributed by atoms with Crippen molar-refractivity contribution >= 4 is 17.7 Å². The fraction of sp³-hybridized carbons (Fsp3) is 0.625. The lowest BCUT2D eigenvalue weighted by atomic mass is 10.2. The summed E-state index contributed by atoms with van der Waals surface area (Å²) in [5.74, 6) is 0.668. The molecule has 2 unspecified atom stereocenters. The van der Waals surface area contributed by atoms with Crippen LogP contribution in [0.25, 0.3) is 0 Å². The van der Waals surface area contributed by atoms with Crippen LogP contribution in [-0.4, -0.2) is 48.3 Å². The second-order valence-electron chi connectivity index (χ2n) is 5.85. The molecule has 2 rings (SSSR count). The predicted molar refractivity (Wildman–Crippen MR) is 94.1 cm³/mol. The summed E-state index contributed by atoms with van der Waals surface area (Å²) >= 11 is 1.90. The van der Waals surface area contributed by atoms with E-state index in [4.69, 9.17) is 0 Å². The minimum atomic E-state index is -4.37. The molecule has 1 aromatic rings. The normalized spacial score (nSPS) is 21.2. The number of aliphatic imine (C=N–C) groups is 1. The Morgan fingerprint density at radius 3 is 2.76 bits per heavy atom. The Labute approximate surface area is 149 Å². The molecular weight excluding hydrogens is 353 g/mol. The molecule has 0 bridgehead atoms. The van der Waals surface area contributed by atoms with E-state index in [-0.39, 0.29) is 5.88 Å². The van der Waals surface area contributed by atoms with E-state index in [1.54, 1.807) is 13.1 Å². The zero-order chi connectivity index (χ0) is 18.3. The van der Waals surface area contributed by atoms with Crippen LogP contribution in [0.15, 0.2) is 23.3 Å². The molecule has 0 aromatic carbocycles. The number of aromatic nitrogens is 1. The second kappa shape index (κ2) is 9.17. The first-order chi connectivity index (χ1) is 11.9. The molecule has 0 aliphatic heterocycles. The summed E-state index contributed by atoms with van der Waals surface area (Å²) in [4.78, 5) is 8.09. The van der Waals surface area contributed by atoms with Gasteiger partial charge < -0.3 is 15.4 Å². The van der Waals surface area contributed by atoms with Gasteiger partial charge in [0, 0.05) is 37.1 Å². The highest BCUT2D eigenvalue weighted by molar-refractivity contribution is 7.99. The summed E-state index contributed by atoms with van der Waals surface area (Å²) in [7, 11) is 1.71. The molecule has 1 saturated carbocycles. The SMILES string of the molecule is CN=C(NCc1ccc(OCC(F)(F)F)nc1)NC1CCC(SC)C1. The van der Waals surface area contributed by atoms with Crippen LogP contribution >= 0.6 is 11.8 Å². The van der Waals surface area contributed by atoms with E-state index in [9.17, 15) is 13.2 Å². The van der Waals surface area contributed by atoms with Crippen LogP contribution in [-0.2, 0) is 6.54 Å². The third-order valence-electron chi connectivity index (χ3n) is 3.92. The number of hydrogen-bond acceptors (Lipinski definition) is 4. The third-order valence-corrected chi connectivity index (χ3v) is 5.02. The summed E-state index contributed by atoms with van der Waals surface area (Å²) in [5.41, 5.74) is 0.829. The van der Waals surface area contributed by atoms with Crippen molar-refractivity contribution < 1.29 is 17.9 Å². The molecule has 0 spiro atoms. The van der Waals surface area contributed by atoms with E-state index >= 15 is 0 Å². The summed E-state index contributed by atoms with van der Waals surface area (Å²) in [5, 5.41) is 7.29. The Kier molecular flexibility index (Phi) is 7.22. The Bertz CT molecular complexity index is 565. The number of thioether (sulfide) groups is 1. The molecule has 1 heterocycles. The number of hydrogen-bond donors (Lipinski definition) is 2. The minimum absolute atomic E-state index is 0.0438. The number of rotatable bonds is 6. The number of guanidine groups is 1. The molecule has 9 heteroatoms. The first-order valence-electron chi connectivity index (χ1n) is 8.04. The first-order valence-corrected chi connectivity index (χ1v) is 9.33. The monoisotopic (exact) mass is 376 g/mol. The van der Waals surface area contributed by atoms with Crippen LogP contribution in [0, 0.1) is 0 Å². The highest BCUT2D eigenvalue weighted by Gasteiger charge is 2.28. The van der Waals surface area contributed by atoms with Crippen molar-refractivity contribution in [2.24, 2.45) is 4.99 Å². The average Bonchev–Trinajstić information content (AvgIpc) is 3.04. The molecule has 2 atom stereocenters. The summed E-state index contributed by atoms with van der Waals surface area (Å²) in [6, 6.07) is 3.53. The maximum atomic E-state index is 12.1. The number of alkyl halides is 3. The Hall–Kier alpha value is -1.64. The molecule has 140 valence electrons. The van der Waals surface area contributed by atoms with Crippen molar-refractivity contribution in [3.8, 4) is 5.88 Å². The summed E-state index contributed by atoms with van der Waals surface area (Å²) in [6.45, 7) is -0.864. The molecule has 5 nitrogen and oxygen atoms in total. The van der Waals surface area contributed by atoms with Crippen molar-refractivity contribution in [1.29, 1.82) is 0 Å². The molecule has 1 fully saturated rings. The van der Waals surface area contributed by atoms with Crippen LogP contribution in [0.3, 0.4) is 0 Å². The molecule has 1 aliphatic rings. The van der Waals surface area contributed by atoms with Gasteiger partial charge in [-0.2, -0.15) is 24.9 Å². The van der Waals surface area contributed by atoms with Crippen LogP contribution in [0.5, 0.6) is 5.88 Å². The zero-order valence-corrected chi connectivity index (χ0v) is 15.1. The zero-order valence-electron chi connectivity index (χ0n) is 14.3. The van der Waals surface area contributed by atoms with Crippen LogP contribution in [0.2, 0.25) is 0 Å². The molecule has 1 aliphatic carbocycles. The highest BCUT2D eigenvalue weighted by Crippen LogP contribution is 2.28. The quantitative estimate of drug-likeness (QED) is 0.591. The smallest absolute Gasteiger partial charge is 0.422 e. The summed E-state index contributed by atoms with van der Waals surface area (Å²) in [6.07, 6.45) is 2.71. The van der Waals surface area contributed by atoms with Gasteiger partial charge in [0.05, 0.1) is 0 Å². The number of nitrogens with zero attached hydrogens (tertiary/aromatic N) is 2. The fourth-order valence-electron chi connectivity index (χ4n) is 2.62. The van der Waals surface area contributed by atoms with Gasteiger partial charge in [0.25, 0.3) is 0 Å². The Morgan fingerprint density at radius 2 is 2.20 bits per heavy atom. The molecule has 0 radical (unpaired) electrons. The van der Waals surface area contributed by atoms with Crippen LogP contribution in [0.4, 0.5) is 13.2 Å². The molecule has 25 heavy (non-hydrogen) atoms. The van der Waals surface area contributed by atoms with Crippen LogP contribution in [0.1, 0.15) is 24.8 Å². The van der Waals surface area contributed by atoms with E-state index < -0.39 is 12.8 Å². The van der Waals surface area contributed by atoms with Gasteiger partial charge in [-0.15, -0.1) is 0 Å². The average molecular weight is 376 g/mol. The standard InChI is InChI=1S/C16H23F3N4OS/c1-20-15(23-12-4-5-13(7-12)25-2)22-9-11-3-6-14(21-8-11)24-10-16(17,18)19/h3,6,8,12-13H,4-5,7,9-10H2,1-2H3,(H2,20,22,23). The van der Waals surface area contributed by atoms with Crippen molar-refractivity contribution in [2.75, 3.05) is 19.9 Å². The first kappa shape index (κ1) is 19.7. The van der Waals surface area contributed by atoms with Gasteiger partial charge >= 0.3 is 6.18 Å². The lowest BCUT2D eigenvalue weighted by molar-refractivity contribution is -0.154. The molecule has 2 N–H and O–H groups in total. The molecule has 0 saturated heterocycles. The van der Waals surface area contributed by atoms with E-state index in [2.05, 4.69) is 31.6 Å². The predicted octanol–water partition coefficient (Wildman–Crippen LogP) is 2.97. The van der Waals surface area contributed by atoms with Gasteiger partial charge in [-0.1, -0.05) is 6.07 Å². The van der Waals surface area contributed by atoms with Gasteiger partial charge in [-0.3, -0.25) is 4.99 Å². The third kappa shape index (κ3) is 7.01. The molecular formula is C16H23F3N4OS. The van der Waals surface area contributed by atoms with Crippen LogP contribution < -0.4 is 15.4 Å². The lowest BCUT2D eigenvalue weighted by Gasteiger charge is -2.17. The Balaban J connectivity index is 1.77. The van der Waals surface area contributed by atoms with Crippen molar-refractivity contribution in [3.05, 3.63) is 23.9 Å². The number of nitrogens with one attached hydrogen (secondary N) is 2. The van der Waals surface area contributed by atoms with Gasteiger partial charge in [0.2, 0.25) is 5.88 Å². The van der Waals surface area contributed by atoms with Crippen molar-refractivity contribution in [1.82, 2.24) is 15.6 Å². The largest absolute Gasteiger partial charge is 0.468 e. The van der Waals surface area contributed by atoms with Crippen molar-refractivity contribution in [3.63, 3.8) is 0 Å². The lowest BCUT2D eigenvalue weighted by Crippen LogP contribution is -2.42. The Morgan fingerprint density at radius 1 is 1.40 bits per heavy atom. The van der Waals surface area contributed by atoms with Gasteiger partial charge in [0.1, 0.15) is 0 Å². The number of halogens is 3. The summed E-state index contributed by atoms with van der Waals surface area (Å²) < 4.78 is 40.9. The minimum Gasteiger partial charge on any atom is -0.468 e. The maximum absolute atomic E-state index is 12.1. The molecule has 0 amide bonds. The number of ether oxygens (including phenoxy) is 1. The fourth-order valence-corrected chi connectivity index (χ4v) is 3.41. The van der Waals surface area contributed by atoms with E-state index in [1.807, 2.05) is 11.8 Å². The van der Waals surface area contributed by atoms with Gasteiger partial charge in [-0.05, 0) is 31.1 Å². The molecule has 1 aromatic heterocycles. The highest BCUT2D eigenvalue weighted by atomic mass is 32.2. The van der Waals surface area contributed by atoms with Gasteiger partial charge in [-0.25, -0.2) is 4.98 Å². The topological polar surface area (TPSA) is 58.5 Å².